The Morgan fingerprint density at radius 3 is 1.39 bits per heavy atom. The molecule has 14 nitrogen and oxygen atoms in total. The molecule has 3 aliphatic heterocycles. The van der Waals surface area contributed by atoms with Gasteiger partial charge in [0.05, 0.1) is 18.9 Å². The van der Waals surface area contributed by atoms with Crippen LogP contribution in [-0.4, -0.2) is 136 Å². The summed E-state index contributed by atoms with van der Waals surface area (Å²) in [6.07, 6.45) is 0.358. The van der Waals surface area contributed by atoms with Gasteiger partial charge in [-0.05, 0) is 132 Å². The van der Waals surface area contributed by atoms with Crippen LogP contribution in [0.2, 0.25) is 30.3 Å². The smallest absolute Gasteiger partial charge is 0.484 e. The molecule has 2 saturated heterocycles. The molecule has 0 aliphatic carbocycles. The first-order valence-electron chi connectivity index (χ1n) is 35.7. The van der Waals surface area contributed by atoms with E-state index in [-0.39, 0.29) is 41.3 Å². The predicted octanol–water partition coefficient (Wildman–Crippen LogP) is 22.1. The Bertz CT molecular complexity index is 3370. The van der Waals surface area contributed by atoms with Crippen LogP contribution in [0.5, 0.6) is 0 Å². The van der Waals surface area contributed by atoms with Gasteiger partial charge in [0.25, 0.3) is 21.7 Å². The number of nitrogens with one attached hydrogen (secondary N) is 1. The molecule has 106 heavy (non-hydrogen) atoms. The van der Waals surface area contributed by atoms with Crippen molar-refractivity contribution >= 4 is 88.1 Å². The maximum Gasteiger partial charge on any atom is 0.484 e. The molecule has 0 bridgehead atoms. The van der Waals surface area contributed by atoms with Crippen molar-refractivity contribution in [1.82, 2.24) is 4.39 Å². The number of ether oxygens (including phenoxy) is 2. The predicted molar refractivity (Wildman–Crippen MR) is 473 cm³/mol. The molecule has 3 radical (unpaired) electrons. The molecule has 0 amide bonds. The monoisotopic (exact) mass is 1480 g/mol. The molecule has 5 unspecified atom stereocenters. The Morgan fingerprint density at radius 2 is 1.07 bits per heavy atom. The van der Waals surface area contributed by atoms with Gasteiger partial charge in [-0.15, -0.1) is 0 Å². The third-order valence-corrected chi connectivity index (χ3v) is 20.9. The molecule has 8 aromatic carbocycles. The van der Waals surface area contributed by atoms with E-state index in [1.165, 1.54) is 82.3 Å². The quantitative estimate of drug-likeness (QED) is 0.0680. The highest BCUT2D eigenvalue weighted by atomic mass is 28.4. The number of esters is 1. The van der Waals surface area contributed by atoms with E-state index >= 15 is 0 Å². The first kappa shape index (κ1) is 107. The van der Waals surface area contributed by atoms with Crippen molar-refractivity contribution in [2.24, 2.45) is 11.8 Å². The number of carbonyl (C=O) groups excluding carboxylic acids is 1. The van der Waals surface area contributed by atoms with E-state index < -0.39 is 14.9 Å². The van der Waals surface area contributed by atoms with E-state index in [9.17, 15) is 4.79 Å². The molecule has 589 valence electrons. The number of aryl methyl sites for hydroxylation is 3. The Labute approximate surface area is 651 Å². The first-order chi connectivity index (χ1) is 48.3. The standard InChI is InChI=1S/C18H25BN2O.C13H16N2.C11H24O2Si.C9H10O2.3C7H8.C5H10BO.2C2H6.2CH4BO2.4CH4/c1-13-12-22-19(14(13)2)20(3)16-10-6-8-15-9-7-11-17(18(15)16)21(19,4)5;1-14-11-8-4-6-10-7-5-9-12(13(10)11)15(2)3;1-9(2)14(7,8)13-10(3)12-11(4,5)6;1-11-9(10)7-8-5-3-2-4-6-8;3*1-7-5-3-2-4-6-7;1-4-3-7-6-5(4)2;2*1-2;2*1-4-2-3;;;;/h6-11,13-14H,12H2,1-5H3;4-9,14H,1-3H3;9H,3H2,1-2,4-8H3;2-6H,7H2,1H3;3*2-6H,1H3;4-5H,3H2,1-2H3;2*1-2H3;2*3H,1H3;4*1H4. The maximum absolute atomic E-state index is 10.8. The maximum atomic E-state index is 10.8. The molecule has 1 spiro atoms. The van der Waals surface area contributed by atoms with Gasteiger partial charge in [0.15, 0.2) is 0 Å². The van der Waals surface area contributed by atoms with Crippen molar-refractivity contribution in [3.8, 4) is 0 Å². The highest BCUT2D eigenvalue weighted by molar-refractivity contribution is 6.81. The van der Waals surface area contributed by atoms with Crippen LogP contribution >= 0.6 is 0 Å². The van der Waals surface area contributed by atoms with E-state index in [1.54, 1.807) is 0 Å². The van der Waals surface area contributed by atoms with Gasteiger partial charge in [-0.1, -0.05) is 291 Å². The second-order valence-corrected chi connectivity index (χ2v) is 31.8. The minimum absolute atomic E-state index is 0. The van der Waals surface area contributed by atoms with E-state index in [4.69, 9.17) is 28.5 Å². The minimum Gasteiger partial charge on any atom is -0.520 e. The number of carbonyl (C=O) groups is 1. The summed E-state index contributed by atoms with van der Waals surface area (Å²) in [6, 6.07) is 66.3. The molecule has 19 heteroatoms. The van der Waals surface area contributed by atoms with Crippen LogP contribution in [0, 0.1) is 32.6 Å². The summed E-state index contributed by atoms with van der Waals surface area (Å²) in [4.78, 5) is 15.3. The number of anilines is 3. The van der Waals surface area contributed by atoms with Crippen LogP contribution < -0.4 is 19.4 Å². The molecule has 0 aromatic heterocycles. The lowest BCUT2D eigenvalue weighted by Gasteiger charge is -2.62. The summed E-state index contributed by atoms with van der Waals surface area (Å²) in [6.45, 7) is 42.4. The molecule has 3 heterocycles. The molecule has 2 fully saturated rings. The van der Waals surface area contributed by atoms with E-state index in [0.29, 0.717) is 50.8 Å². The fraction of sp³-hybridized carbons (Fsp3) is 0.460. The fourth-order valence-corrected chi connectivity index (χ4v) is 11.8. The zero-order valence-corrected chi connectivity index (χ0v) is 68.5. The Balaban J connectivity index is -0.000000367. The van der Waals surface area contributed by atoms with Gasteiger partial charge in [-0.3, -0.25) is 4.79 Å². The fourth-order valence-electron chi connectivity index (χ4n) is 10.9. The number of methoxy groups -OCH3 is 1. The SMILES string of the molecule is C.C.C.C.C=C(OC(C)(C)C)O[Si](C)(C)C(C)C.CC.CC.CC1CO[B-]2(C1C)N(C)c1cccc3cccc(c13)[N+]2(C)C.CC1[B]OCC1C.CNc1cccc2cccc(N(C)C)c12.COC(=O)Cc1ccccc1.CO[B]O.CO[B]O.Cc1ccccc1.Cc1ccccc1.Cc1ccccc1. The summed E-state index contributed by atoms with van der Waals surface area (Å²) >= 11 is 0. The summed E-state index contributed by atoms with van der Waals surface area (Å²) in [5, 5.41) is 23.5. The zero-order chi connectivity index (χ0) is 77.7. The van der Waals surface area contributed by atoms with Crippen molar-refractivity contribution in [2.75, 3.05) is 91.9 Å². The van der Waals surface area contributed by atoms with Crippen LogP contribution in [0.3, 0.4) is 0 Å². The van der Waals surface area contributed by atoms with Gasteiger partial charge in [-0.25, -0.2) is 0 Å². The number of quaternary nitrogens is 1. The van der Waals surface area contributed by atoms with Crippen LogP contribution in [0.15, 0.2) is 207 Å². The Kier molecular flexibility index (Phi) is 58.5. The lowest BCUT2D eigenvalue weighted by Crippen LogP contribution is -2.77. The van der Waals surface area contributed by atoms with Crippen LogP contribution in [-0.2, 0) is 43.7 Å². The highest BCUT2D eigenvalue weighted by Gasteiger charge is 2.60. The molecule has 3 aliphatic rings. The number of fused-ring (bicyclic) bond motifs is 1. The molecule has 3 N–H and O–H groups in total. The van der Waals surface area contributed by atoms with Crippen molar-refractivity contribution in [3.63, 3.8) is 0 Å². The van der Waals surface area contributed by atoms with Gasteiger partial charge in [0.1, 0.15) is 11.3 Å². The van der Waals surface area contributed by atoms with E-state index in [2.05, 4.69) is 255 Å². The third kappa shape index (κ3) is 37.5. The van der Waals surface area contributed by atoms with Gasteiger partial charge >= 0.3 is 28.0 Å². The molecule has 11 rings (SSSR count). The van der Waals surface area contributed by atoms with Crippen LogP contribution in [0.25, 0.3) is 21.5 Å². The lowest BCUT2D eigenvalue weighted by molar-refractivity contribution is -0.139. The summed E-state index contributed by atoms with van der Waals surface area (Å²) < 4.78 is 36.2. The number of benzene rings is 8. The van der Waals surface area contributed by atoms with Crippen molar-refractivity contribution < 1.29 is 47.4 Å². The largest absolute Gasteiger partial charge is 0.520 e. The Hall–Kier alpha value is -7.31. The molecular weight excluding hydrogens is 1330 g/mol. The van der Waals surface area contributed by atoms with Crippen LogP contribution in [0.4, 0.5) is 22.7 Å². The number of hydrogen-bond donors (Lipinski definition) is 3. The third-order valence-electron chi connectivity index (χ3n) is 17.4. The van der Waals surface area contributed by atoms with E-state index in [0.717, 1.165) is 29.1 Å². The second-order valence-electron chi connectivity index (χ2n) is 27.2. The van der Waals surface area contributed by atoms with Crippen LogP contribution in [0.1, 0.15) is 142 Å². The Morgan fingerprint density at radius 1 is 0.660 bits per heavy atom. The topological polar surface area (TPSA) is 141 Å². The van der Waals surface area contributed by atoms with Gasteiger partial charge in [0, 0.05) is 85.1 Å². The molecular formula is C87H145B4N4O10Si. The summed E-state index contributed by atoms with van der Waals surface area (Å²) in [7, 11) is 18.6. The summed E-state index contributed by atoms with van der Waals surface area (Å²) in [5.74, 6) is 2.77. The average Bonchev–Trinajstić information content (AvgIpc) is 1.40. The molecule has 8 aromatic rings. The van der Waals surface area contributed by atoms with Crippen molar-refractivity contribution in [3.05, 3.63) is 229 Å². The molecule has 0 saturated carbocycles. The number of hydrogen-bond acceptors (Lipinski definition) is 13. The zero-order valence-electron chi connectivity index (χ0n) is 67.5. The normalized spacial score (nSPS) is 16.0. The van der Waals surface area contributed by atoms with Crippen molar-refractivity contribution in [2.45, 2.75) is 183 Å². The lowest BCUT2D eigenvalue weighted by atomic mass is 9.46. The van der Waals surface area contributed by atoms with E-state index in [1.807, 2.05) is 148 Å². The summed E-state index contributed by atoms with van der Waals surface area (Å²) in [5.41, 5.74) is 10.4. The van der Waals surface area contributed by atoms with Gasteiger partial charge < -0.3 is 62.0 Å². The number of rotatable bonds is 10. The average molecular weight is 1480 g/mol. The van der Waals surface area contributed by atoms with Gasteiger partial charge in [-0.2, -0.15) is 0 Å². The van der Waals surface area contributed by atoms with Gasteiger partial charge in [0.2, 0.25) is 0 Å². The first-order valence-corrected chi connectivity index (χ1v) is 38.7. The minimum atomic E-state index is -1.67. The second kappa shape index (κ2) is 57.8. The van der Waals surface area contributed by atoms with Crippen molar-refractivity contribution in [1.29, 1.82) is 0 Å². The highest BCUT2D eigenvalue weighted by Crippen LogP contribution is 2.53. The molecule has 5 atom stereocenters. The number of nitrogens with zero attached hydrogens (tertiary/aromatic N) is 3.